The number of carboxylic acid groups (broad SMARTS) is 1. The van der Waals surface area contributed by atoms with Crippen LogP contribution < -0.4 is 5.32 Å². The molecule has 0 spiro atoms. The van der Waals surface area contributed by atoms with Crippen molar-refractivity contribution >= 4 is 23.2 Å². The second-order valence-corrected chi connectivity index (χ2v) is 6.86. The van der Waals surface area contributed by atoms with E-state index in [9.17, 15) is 9.59 Å². The lowest BCUT2D eigenvalue weighted by atomic mass is 9.81. The second-order valence-electron chi connectivity index (χ2n) is 5.69. The average Bonchev–Trinajstić information content (AvgIpc) is 2.94. The van der Waals surface area contributed by atoms with Crippen molar-refractivity contribution in [2.24, 2.45) is 0 Å². The van der Waals surface area contributed by atoms with Gasteiger partial charge in [-0.2, -0.15) is 0 Å². The molecule has 0 aliphatic rings. The fourth-order valence-electron chi connectivity index (χ4n) is 2.37. The van der Waals surface area contributed by atoms with Crippen LogP contribution in [0.3, 0.4) is 0 Å². The van der Waals surface area contributed by atoms with Crippen LogP contribution in [0.5, 0.6) is 0 Å². The summed E-state index contributed by atoms with van der Waals surface area (Å²) in [6, 6.07) is 11.1. The lowest BCUT2D eigenvalue weighted by Crippen LogP contribution is -2.40. The molecule has 116 valence electrons. The van der Waals surface area contributed by atoms with Crippen LogP contribution in [-0.4, -0.2) is 17.0 Å². The molecule has 1 amide bonds. The van der Waals surface area contributed by atoms with Crippen molar-refractivity contribution in [3.8, 4) is 0 Å². The molecule has 1 aromatic carbocycles. The smallest absolute Gasteiger partial charge is 0.345 e. The predicted octanol–water partition coefficient (Wildman–Crippen LogP) is 3.35. The summed E-state index contributed by atoms with van der Waals surface area (Å²) in [5.74, 6) is -1.02. The van der Waals surface area contributed by atoms with E-state index in [1.165, 1.54) is 11.3 Å². The van der Waals surface area contributed by atoms with E-state index < -0.39 is 11.4 Å². The van der Waals surface area contributed by atoms with E-state index in [2.05, 4.69) is 5.32 Å². The molecular formula is C17H19NO3S. The van der Waals surface area contributed by atoms with E-state index >= 15 is 0 Å². The fourth-order valence-corrected chi connectivity index (χ4v) is 3.16. The molecule has 2 aromatic rings. The molecule has 0 saturated carbocycles. The summed E-state index contributed by atoms with van der Waals surface area (Å²) in [5, 5.41) is 11.8. The number of nitrogens with one attached hydrogen (secondary N) is 1. The second kappa shape index (κ2) is 6.32. The third-order valence-electron chi connectivity index (χ3n) is 3.68. The third-order valence-corrected chi connectivity index (χ3v) is 4.75. The van der Waals surface area contributed by atoms with Crippen molar-refractivity contribution in [3.63, 3.8) is 0 Å². The highest BCUT2D eigenvalue weighted by Crippen LogP contribution is 2.26. The van der Waals surface area contributed by atoms with Crippen molar-refractivity contribution in [3.05, 3.63) is 57.3 Å². The minimum absolute atomic E-state index is 0.0768. The number of benzene rings is 1. The minimum Gasteiger partial charge on any atom is -0.477 e. The fraction of sp³-hybridized carbons (Fsp3) is 0.294. The Morgan fingerprint density at radius 3 is 2.45 bits per heavy atom. The Hall–Kier alpha value is -2.14. The van der Waals surface area contributed by atoms with Gasteiger partial charge in [-0.3, -0.25) is 4.79 Å². The maximum Gasteiger partial charge on any atom is 0.345 e. The minimum atomic E-state index is -0.942. The molecule has 0 radical (unpaired) electrons. The van der Waals surface area contributed by atoms with E-state index in [0.29, 0.717) is 6.54 Å². The Morgan fingerprint density at radius 2 is 1.86 bits per heavy atom. The summed E-state index contributed by atoms with van der Waals surface area (Å²) < 4.78 is 0. The van der Waals surface area contributed by atoms with Gasteiger partial charge in [0.1, 0.15) is 4.88 Å². The molecule has 0 unspecified atom stereocenters. The van der Waals surface area contributed by atoms with Gasteiger partial charge < -0.3 is 10.4 Å². The first-order valence-corrected chi connectivity index (χ1v) is 7.80. The number of aryl methyl sites for hydroxylation is 1. The molecule has 0 fully saturated rings. The van der Waals surface area contributed by atoms with Crippen molar-refractivity contribution in [2.75, 3.05) is 0 Å². The molecule has 0 bridgehead atoms. The van der Waals surface area contributed by atoms with Gasteiger partial charge in [0.05, 0.1) is 12.0 Å². The number of thiophene rings is 1. The van der Waals surface area contributed by atoms with Gasteiger partial charge in [-0.15, -0.1) is 11.3 Å². The van der Waals surface area contributed by atoms with Gasteiger partial charge in [0, 0.05) is 4.88 Å². The van der Waals surface area contributed by atoms with E-state index in [-0.39, 0.29) is 10.8 Å². The van der Waals surface area contributed by atoms with Gasteiger partial charge >= 0.3 is 5.97 Å². The molecule has 1 heterocycles. The van der Waals surface area contributed by atoms with Gasteiger partial charge in [0.25, 0.3) is 0 Å². The number of aromatic carboxylic acids is 1. The van der Waals surface area contributed by atoms with Crippen molar-refractivity contribution in [1.82, 2.24) is 5.32 Å². The van der Waals surface area contributed by atoms with Crippen LogP contribution >= 0.6 is 11.3 Å². The summed E-state index contributed by atoms with van der Waals surface area (Å²) in [5.41, 5.74) is 1.43. The first kappa shape index (κ1) is 16.2. The largest absolute Gasteiger partial charge is 0.477 e. The Labute approximate surface area is 133 Å². The highest BCUT2D eigenvalue weighted by atomic mass is 32.1. The Balaban J connectivity index is 2.07. The van der Waals surface area contributed by atoms with Crippen molar-refractivity contribution in [2.45, 2.75) is 32.7 Å². The zero-order chi connectivity index (χ0) is 16.3. The lowest BCUT2D eigenvalue weighted by Gasteiger charge is -2.25. The number of carbonyl (C=O) groups excluding carboxylic acids is 1. The van der Waals surface area contributed by atoms with Gasteiger partial charge in [0.15, 0.2) is 0 Å². The molecule has 0 aliphatic carbocycles. The quantitative estimate of drug-likeness (QED) is 0.888. The summed E-state index contributed by atoms with van der Waals surface area (Å²) in [6.45, 7) is 6.11. The predicted molar refractivity (Wildman–Crippen MR) is 87.3 cm³/mol. The van der Waals surface area contributed by atoms with Crippen LogP contribution in [0.15, 0.2) is 36.4 Å². The van der Waals surface area contributed by atoms with Gasteiger partial charge in [-0.25, -0.2) is 4.79 Å². The van der Waals surface area contributed by atoms with Crippen molar-refractivity contribution in [1.29, 1.82) is 0 Å². The van der Waals surface area contributed by atoms with Crippen molar-refractivity contribution < 1.29 is 14.7 Å². The molecule has 1 aromatic heterocycles. The molecule has 2 rings (SSSR count). The average molecular weight is 317 g/mol. The monoisotopic (exact) mass is 317 g/mol. The van der Waals surface area contributed by atoms with E-state index in [1.807, 2.05) is 45.0 Å². The summed E-state index contributed by atoms with van der Waals surface area (Å²) in [7, 11) is 0. The first-order valence-electron chi connectivity index (χ1n) is 6.99. The van der Waals surface area contributed by atoms with Crippen LogP contribution in [0, 0.1) is 6.92 Å². The molecule has 2 N–H and O–H groups in total. The number of rotatable bonds is 5. The van der Waals surface area contributed by atoms with Crippen LogP contribution in [0.1, 0.15) is 39.5 Å². The maximum atomic E-state index is 12.5. The molecule has 4 nitrogen and oxygen atoms in total. The molecule has 5 heteroatoms. The van der Waals surface area contributed by atoms with Crippen LogP contribution in [0.4, 0.5) is 0 Å². The Morgan fingerprint density at radius 1 is 1.18 bits per heavy atom. The molecular weight excluding hydrogens is 298 g/mol. The van der Waals surface area contributed by atoms with Gasteiger partial charge in [-0.05, 0) is 44.0 Å². The third kappa shape index (κ3) is 3.36. The van der Waals surface area contributed by atoms with Gasteiger partial charge in [0.2, 0.25) is 5.91 Å². The number of amides is 1. The van der Waals surface area contributed by atoms with E-state index in [1.54, 1.807) is 12.1 Å². The van der Waals surface area contributed by atoms with Crippen LogP contribution in [0.2, 0.25) is 0 Å². The molecule has 0 saturated heterocycles. The molecule has 0 aliphatic heterocycles. The highest BCUT2D eigenvalue weighted by molar-refractivity contribution is 7.13. The highest BCUT2D eigenvalue weighted by Gasteiger charge is 2.30. The lowest BCUT2D eigenvalue weighted by molar-refractivity contribution is -0.125. The van der Waals surface area contributed by atoms with Crippen LogP contribution in [-0.2, 0) is 16.8 Å². The maximum absolute atomic E-state index is 12.5. The number of hydrogen-bond donors (Lipinski definition) is 2. The SMILES string of the molecule is Cc1ccccc1C(C)(C)C(=O)NCc1ccc(C(=O)O)s1. The van der Waals surface area contributed by atoms with Crippen LogP contribution in [0.25, 0.3) is 0 Å². The Bertz CT molecular complexity index is 703. The zero-order valence-electron chi connectivity index (χ0n) is 12.8. The topological polar surface area (TPSA) is 66.4 Å². The standard InChI is InChI=1S/C17H19NO3S/c1-11-6-4-5-7-13(11)17(2,3)16(21)18-10-12-8-9-14(22-12)15(19)20/h4-9H,10H2,1-3H3,(H,18,21)(H,19,20). The van der Waals surface area contributed by atoms with E-state index in [4.69, 9.17) is 5.11 Å². The molecule has 22 heavy (non-hydrogen) atoms. The summed E-state index contributed by atoms with van der Waals surface area (Å²) >= 11 is 1.18. The molecule has 0 atom stereocenters. The normalized spacial score (nSPS) is 11.2. The number of carboxylic acids is 1. The zero-order valence-corrected chi connectivity index (χ0v) is 13.7. The first-order chi connectivity index (χ1) is 10.3. The summed E-state index contributed by atoms with van der Waals surface area (Å²) in [6.07, 6.45) is 0. The number of hydrogen-bond acceptors (Lipinski definition) is 3. The summed E-state index contributed by atoms with van der Waals surface area (Å²) in [4.78, 5) is 24.5. The Kier molecular flexibility index (Phi) is 4.66. The van der Waals surface area contributed by atoms with E-state index in [0.717, 1.165) is 16.0 Å². The number of carbonyl (C=O) groups is 2. The van der Waals surface area contributed by atoms with Gasteiger partial charge in [-0.1, -0.05) is 24.3 Å².